The Hall–Kier alpha value is -2.63. The first-order valence-corrected chi connectivity index (χ1v) is 12.7. The van der Waals surface area contributed by atoms with Gasteiger partial charge in [-0.25, -0.2) is 0 Å². The monoisotopic (exact) mass is 462 g/mol. The molecule has 0 radical (unpaired) electrons. The molecule has 1 unspecified atom stereocenters. The van der Waals surface area contributed by atoms with Gasteiger partial charge >= 0.3 is 0 Å². The van der Waals surface area contributed by atoms with Gasteiger partial charge in [0.2, 0.25) is 0 Å². The zero-order valence-electron chi connectivity index (χ0n) is 19.7. The second-order valence-corrected chi connectivity index (χ2v) is 10.4. The number of hydrogen-bond donors (Lipinski definition) is 0. The summed E-state index contributed by atoms with van der Waals surface area (Å²) in [5.74, 6) is 1.45. The van der Waals surface area contributed by atoms with E-state index < -0.39 is 0 Å². The zero-order chi connectivity index (χ0) is 23.0. The zero-order valence-corrected chi connectivity index (χ0v) is 20.5. The van der Waals surface area contributed by atoms with Crippen LogP contribution in [0.5, 0.6) is 5.75 Å². The highest BCUT2D eigenvalue weighted by atomic mass is 32.1. The van der Waals surface area contributed by atoms with Crippen molar-refractivity contribution in [3.63, 3.8) is 0 Å². The molecule has 4 rings (SSSR count). The number of ether oxygens (including phenoxy) is 1. The van der Waals surface area contributed by atoms with Crippen molar-refractivity contribution in [3.05, 3.63) is 87.6 Å². The summed E-state index contributed by atoms with van der Waals surface area (Å²) in [6, 6.07) is 23.1. The Labute approximate surface area is 201 Å². The van der Waals surface area contributed by atoms with Gasteiger partial charge in [-0.3, -0.25) is 4.79 Å². The largest absolute Gasteiger partial charge is 0.493 e. The van der Waals surface area contributed by atoms with Crippen molar-refractivity contribution in [2.45, 2.75) is 32.7 Å². The van der Waals surface area contributed by atoms with E-state index in [1.807, 2.05) is 24.0 Å². The molecule has 33 heavy (non-hydrogen) atoms. The van der Waals surface area contributed by atoms with E-state index in [-0.39, 0.29) is 5.91 Å². The summed E-state index contributed by atoms with van der Waals surface area (Å²) in [7, 11) is 2.17. The summed E-state index contributed by atoms with van der Waals surface area (Å²) in [4.78, 5) is 19.2. The number of hydrogen-bond acceptors (Lipinski definition) is 4. The molecule has 2 aromatic carbocycles. The lowest BCUT2D eigenvalue weighted by molar-refractivity contribution is 0.0638. The molecular formula is C28H34N2O2S. The smallest absolute Gasteiger partial charge is 0.263 e. The van der Waals surface area contributed by atoms with E-state index in [4.69, 9.17) is 4.74 Å². The fraction of sp³-hybridized carbons (Fsp3) is 0.393. The van der Waals surface area contributed by atoms with Crippen LogP contribution in [0.4, 0.5) is 0 Å². The third kappa shape index (κ3) is 6.92. The van der Waals surface area contributed by atoms with Crippen molar-refractivity contribution in [2.24, 2.45) is 5.92 Å². The molecule has 0 saturated carbocycles. The molecule has 1 fully saturated rings. The summed E-state index contributed by atoms with van der Waals surface area (Å²) >= 11 is 1.58. The van der Waals surface area contributed by atoms with Gasteiger partial charge in [0.25, 0.3) is 5.91 Å². The molecule has 4 nitrogen and oxygen atoms in total. The molecule has 1 atom stereocenters. The molecule has 0 N–H and O–H groups in total. The Morgan fingerprint density at radius 1 is 1.06 bits per heavy atom. The number of thiophene rings is 1. The van der Waals surface area contributed by atoms with Crippen LogP contribution in [0.2, 0.25) is 0 Å². The molecule has 0 bridgehead atoms. The van der Waals surface area contributed by atoms with Crippen LogP contribution >= 0.6 is 11.3 Å². The molecule has 5 heteroatoms. The minimum absolute atomic E-state index is 0.165. The molecule has 0 aliphatic carbocycles. The quantitative estimate of drug-likeness (QED) is 0.411. The standard InChI is InChI=1S/C28H34N2O2S/c1-22-10-15-27(33-22)28(31)30-17-6-9-25(20-30)21-32-26-13-11-24(12-14-26)19-29(2)18-16-23-7-4-3-5-8-23/h3-5,7-8,10-15,25H,6,9,16-21H2,1-2H3. The first-order chi connectivity index (χ1) is 16.1. The van der Waals surface area contributed by atoms with Gasteiger partial charge < -0.3 is 14.5 Å². The van der Waals surface area contributed by atoms with Gasteiger partial charge in [0.15, 0.2) is 0 Å². The van der Waals surface area contributed by atoms with E-state index >= 15 is 0 Å². The van der Waals surface area contributed by atoms with Crippen LogP contribution in [0.15, 0.2) is 66.7 Å². The van der Waals surface area contributed by atoms with Crippen molar-refractivity contribution < 1.29 is 9.53 Å². The normalized spacial score (nSPS) is 16.2. The van der Waals surface area contributed by atoms with Crippen molar-refractivity contribution in [2.75, 3.05) is 33.3 Å². The highest BCUT2D eigenvalue weighted by Crippen LogP contribution is 2.23. The highest BCUT2D eigenvalue weighted by Gasteiger charge is 2.25. The third-order valence-electron chi connectivity index (χ3n) is 6.24. The van der Waals surface area contributed by atoms with Crippen LogP contribution in [0.1, 0.15) is 38.5 Å². The minimum atomic E-state index is 0.165. The topological polar surface area (TPSA) is 32.8 Å². The van der Waals surface area contributed by atoms with Gasteiger partial charge in [-0.05, 0) is 68.6 Å². The number of amides is 1. The predicted molar refractivity (Wildman–Crippen MR) is 136 cm³/mol. The van der Waals surface area contributed by atoms with Crippen LogP contribution in [0, 0.1) is 12.8 Å². The SMILES string of the molecule is Cc1ccc(C(=O)N2CCCC(COc3ccc(CN(C)CCc4ccccc4)cc3)C2)s1. The number of rotatable bonds is 9. The number of carbonyl (C=O) groups excluding carboxylic acids is 1. The summed E-state index contributed by atoms with van der Waals surface area (Å²) in [5.41, 5.74) is 2.67. The van der Waals surface area contributed by atoms with Crippen LogP contribution in [-0.2, 0) is 13.0 Å². The molecule has 2 heterocycles. The predicted octanol–water partition coefficient (Wildman–Crippen LogP) is 5.66. The first-order valence-electron chi connectivity index (χ1n) is 11.9. The summed E-state index contributed by atoms with van der Waals surface area (Å²) < 4.78 is 6.10. The Morgan fingerprint density at radius 3 is 2.58 bits per heavy atom. The molecule has 1 saturated heterocycles. The van der Waals surface area contributed by atoms with Crippen LogP contribution in [0.3, 0.4) is 0 Å². The minimum Gasteiger partial charge on any atom is -0.493 e. The van der Waals surface area contributed by atoms with E-state index in [2.05, 4.69) is 66.5 Å². The summed E-state index contributed by atoms with van der Waals surface area (Å²) in [5, 5.41) is 0. The molecule has 1 aliphatic rings. The van der Waals surface area contributed by atoms with Crippen molar-refractivity contribution in [1.82, 2.24) is 9.80 Å². The molecule has 174 valence electrons. The fourth-order valence-corrected chi connectivity index (χ4v) is 5.19. The van der Waals surface area contributed by atoms with Gasteiger partial charge in [0.1, 0.15) is 5.75 Å². The number of carbonyl (C=O) groups is 1. The van der Waals surface area contributed by atoms with Crippen LogP contribution in [-0.4, -0.2) is 49.0 Å². The number of aryl methyl sites for hydroxylation is 1. The maximum atomic E-state index is 12.8. The van der Waals surface area contributed by atoms with Gasteiger partial charge in [0.05, 0.1) is 11.5 Å². The van der Waals surface area contributed by atoms with Gasteiger partial charge in [0, 0.05) is 37.0 Å². The summed E-state index contributed by atoms with van der Waals surface area (Å²) in [6.45, 7) is 6.28. The third-order valence-corrected chi connectivity index (χ3v) is 7.23. The highest BCUT2D eigenvalue weighted by molar-refractivity contribution is 7.13. The Bertz CT molecular complexity index is 1020. The lowest BCUT2D eigenvalue weighted by atomic mass is 9.99. The number of likely N-dealkylation sites (N-methyl/N-ethyl adjacent to an activating group) is 1. The average Bonchev–Trinajstić information content (AvgIpc) is 3.29. The van der Waals surface area contributed by atoms with Gasteiger partial charge in [-0.1, -0.05) is 42.5 Å². The molecule has 3 aromatic rings. The molecule has 1 aliphatic heterocycles. The van der Waals surface area contributed by atoms with E-state index in [1.54, 1.807) is 11.3 Å². The Balaban J connectivity index is 1.21. The Kier molecular flexibility index (Phi) is 8.19. The first kappa shape index (κ1) is 23.5. The second kappa shape index (κ2) is 11.5. The van der Waals surface area contributed by atoms with E-state index in [0.29, 0.717) is 12.5 Å². The molecule has 1 amide bonds. The Morgan fingerprint density at radius 2 is 1.85 bits per heavy atom. The number of nitrogens with zero attached hydrogens (tertiary/aromatic N) is 2. The maximum absolute atomic E-state index is 12.8. The molecule has 1 aromatic heterocycles. The maximum Gasteiger partial charge on any atom is 0.263 e. The van der Waals surface area contributed by atoms with Crippen LogP contribution < -0.4 is 4.74 Å². The number of piperidine rings is 1. The average molecular weight is 463 g/mol. The summed E-state index contributed by atoms with van der Waals surface area (Å²) in [6.07, 6.45) is 3.21. The van der Waals surface area contributed by atoms with E-state index in [0.717, 1.165) is 56.1 Å². The van der Waals surface area contributed by atoms with E-state index in [9.17, 15) is 4.79 Å². The van der Waals surface area contributed by atoms with Crippen LogP contribution in [0.25, 0.3) is 0 Å². The molecular weight excluding hydrogens is 428 g/mol. The van der Waals surface area contributed by atoms with E-state index in [1.165, 1.54) is 16.0 Å². The lowest BCUT2D eigenvalue weighted by Crippen LogP contribution is -2.41. The second-order valence-electron chi connectivity index (χ2n) is 9.10. The van der Waals surface area contributed by atoms with Gasteiger partial charge in [-0.2, -0.15) is 0 Å². The number of benzene rings is 2. The van der Waals surface area contributed by atoms with Crippen molar-refractivity contribution in [1.29, 1.82) is 0 Å². The lowest BCUT2D eigenvalue weighted by Gasteiger charge is -2.32. The van der Waals surface area contributed by atoms with Crippen molar-refractivity contribution >= 4 is 17.2 Å². The fourth-order valence-electron chi connectivity index (χ4n) is 4.35. The molecule has 0 spiro atoms. The van der Waals surface area contributed by atoms with Crippen molar-refractivity contribution in [3.8, 4) is 5.75 Å². The number of likely N-dealkylation sites (tertiary alicyclic amines) is 1. The van der Waals surface area contributed by atoms with Gasteiger partial charge in [-0.15, -0.1) is 11.3 Å².